The van der Waals surface area contributed by atoms with Crippen LogP contribution in [0.2, 0.25) is 10.0 Å². The first-order chi connectivity index (χ1) is 14.1. The number of nitrogens with zero attached hydrogens (tertiary/aromatic N) is 2. The van der Waals surface area contributed by atoms with Crippen LogP contribution in [-0.4, -0.2) is 34.6 Å². The van der Waals surface area contributed by atoms with E-state index < -0.39 is 0 Å². The zero-order chi connectivity index (χ0) is 20.0. The van der Waals surface area contributed by atoms with Crippen LogP contribution in [0.15, 0.2) is 36.4 Å². The van der Waals surface area contributed by atoms with Crippen molar-refractivity contribution < 1.29 is 0 Å². The van der Waals surface area contributed by atoms with Gasteiger partial charge in [0.2, 0.25) is 0 Å². The number of halogens is 2. The molecular weight excluding hydrogens is 443 g/mol. The molecule has 0 bridgehead atoms. The summed E-state index contributed by atoms with van der Waals surface area (Å²) in [7, 11) is 0. The maximum absolute atomic E-state index is 6.31. The first-order valence-corrected chi connectivity index (χ1v) is 12.2. The minimum absolute atomic E-state index is 0.387. The number of hydrogen-bond donors (Lipinski definition) is 2. The molecule has 1 aliphatic rings. The third-order valence-corrected chi connectivity index (χ3v) is 7.98. The summed E-state index contributed by atoms with van der Waals surface area (Å²) in [6, 6.07) is 12.0. The lowest BCUT2D eigenvalue weighted by atomic mass is 9.93. The van der Waals surface area contributed by atoms with Crippen molar-refractivity contribution in [2.24, 2.45) is 5.73 Å². The Morgan fingerprint density at radius 3 is 2.90 bits per heavy atom. The first-order valence-electron chi connectivity index (χ1n) is 9.51. The molecule has 4 nitrogen and oxygen atoms in total. The van der Waals surface area contributed by atoms with Crippen molar-refractivity contribution in [2.75, 3.05) is 29.5 Å². The lowest BCUT2D eigenvalue weighted by Crippen LogP contribution is -2.34. The first kappa shape index (κ1) is 19.5. The Morgan fingerprint density at radius 1 is 1.21 bits per heavy atom. The number of fused-ring (bicyclic) bond motifs is 4. The van der Waals surface area contributed by atoms with E-state index in [1.54, 1.807) is 11.3 Å². The van der Waals surface area contributed by atoms with E-state index in [1.807, 2.05) is 36.0 Å². The SMILES string of the molecule is NCCSCC1CN(c2nc3ccc(Cl)cc3s2)Cc2[nH]c3ccc(Cl)cc3c21. The standard InChI is InChI=1S/C21H20Cl2N4S2/c22-13-1-3-16-15(7-13)20-12(11-28-6-5-24)9-27(10-18(20)25-16)21-26-17-4-2-14(23)8-19(17)29-21/h1-4,7-8,12,25H,5-6,9-11,24H2. The number of aromatic amines is 1. The van der Waals surface area contributed by atoms with Crippen molar-refractivity contribution in [3.8, 4) is 0 Å². The number of thiazole rings is 1. The van der Waals surface area contributed by atoms with Crippen molar-refractivity contribution in [1.29, 1.82) is 0 Å². The molecule has 0 aliphatic carbocycles. The summed E-state index contributed by atoms with van der Waals surface area (Å²) in [5.41, 5.74) is 10.5. The van der Waals surface area contributed by atoms with Gasteiger partial charge in [0, 0.05) is 57.2 Å². The molecule has 0 saturated heterocycles. The summed E-state index contributed by atoms with van der Waals surface area (Å²) >= 11 is 16.1. The highest BCUT2D eigenvalue weighted by Crippen LogP contribution is 2.40. The highest BCUT2D eigenvalue weighted by molar-refractivity contribution is 7.99. The average molecular weight is 463 g/mol. The number of hydrogen-bond acceptors (Lipinski definition) is 5. The Bertz CT molecular complexity index is 1190. The van der Waals surface area contributed by atoms with E-state index in [1.165, 1.54) is 16.6 Å². The van der Waals surface area contributed by atoms with E-state index in [9.17, 15) is 0 Å². The van der Waals surface area contributed by atoms with Crippen molar-refractivity contribution in [2.45, 2.75) is 12.5 Å². The summed E-state index contributed by atoms with van der Waals surface area (Å²) in [6.07, 6.45) is 0. The van der Waals surface area contributed by atoms with Gasteiger partial charge < -0.3 is 15.6 Å². The predicted molar refractivity (Wildman–Crippen MR) is 128 cm³/mol. The normalized spacial score (nSPS) is 16.7. The smallest absolute Gasteiger partial charge is 0.186 e. The van der Waals surface area contributed by atoms with E-state index in [-0.39, 0.29) is 0 Å². The minimum atomic E-state index is 0.387. The molecule has 1 unspecified atom stereocenters. The van der Waals surface area contributed by atoms with Gasteiger partial charge in [0.25, 0.3) is 0 Å². The number of H-pyrrole nitrogens is 1. The van der Waals surface area contributed by atoms with Crippen molar-refractivity contribution in [3.05, 3.63) is 57.7 Å². The quantitative estimate of drug-likeness (QED) is 0.363. The molecule has 0 amide bonds. The molecule has 1 aliphatic heterocycles. The molecule has 0 saturated carbocycles. The molecule has 0 radical (unpaired) electrons. The van der Waals surface area contributed by atoms with E-state index in [2.05, 4.69) is 22.0 Å². The molecule has 2 aromatic carbocycles. The number of thioether (sulfide) groups is 1. The highest BCUT2D eigenvalue weighted by Gasteiger charge is 2.30. The fourth-order valence-electron chi connectivity index (χ4n) is 4.06. The van der Waals surface area contributed by atoms with Crippen molar-refractivity contribution >= 4 is 72.6 Å². The molecule has 3 heterocycles. The zero-order valence-corrected chi connectivity index (χ0v) is 18.8. The monoisotopic (exact) mass is 462 g/mol. The Balaban J connectivity index is 1.55. The van der Waals surface area contributed by atoms with Crippen LogP contribution >= 0.6 is 46.3 Å². The van der Waals surface area contributed by atoms with E-state index in [0.29, 0.717) is 12.5 Å². The molecule has 0 spiro atoms. The molecule has 3 N–H and O–H groups in total. The summed E-state index contributed by atoms with van der Waals surface area (Å²) in [6.45, 7) is 2.44. The van der Waals surface area contributed by atoms with E-state index in [0.717, 1.165) is 55.5 Å². The fraction of sp³-hybridized carbons (Fsp3) is 0.286. The second kappa shape index (κ2) is 8.00. The van der Waals surface area contributed by atoms with Crippen LogP contribution in [0, 0.1) is 0 Å². The summed E-state index contributed by atoms with van der Waals surface area (Å²) in [4.78, 5) is 10.9. The molecule has 2 aromatic heterocycles. The van der Waals surface area contributed by atoms with Crippen LogP contribution in [0.3, 0.4) is 0 Å². The highest BCUT2D eigenvalue weighted by atomic mass is 35.5. The Labute approximate surface area is 187 Å². The van der Waals surface area contributed by atoms with Gasteiger partial charge in [0.05, 0.1) is 16.8 Å². The lowest BCUT2D eigenvalue weighted by molar-refractivity contribution is 0.642. The third kappa shape index (κ3) is 3.73. The fourth-order valence-corrected chi connectivity index (χ4v) is 6.37. The number of nitrogens with two attached hydrogens (primary N) is 1. The Morgan fingerprint density at radius 2 is 2.03 bits per heavy atom. The van der Waals surface area contributed by atoms with E-state index in [4.69, 9.17) is 33.9 Å². The van der Waals surface area contributed by atoms with Crippen molar-refractivity contribution in [3.63, 3.8) is 0 Å². The lowest BCUT2D eigenvalue weighted by Gasteiger charge is -2.33. The molecule has 0 fully saturated rings. The van der Waals surface area contributed by atoms with Gasteiger partial charge in [0.15, 0.2) is 5.13 Å². The number of benzene rings is 2. The second-order valence-electron chi connectivity index (χ2n) is 7.26. The number of rotatable bonds is 5. The Hall–Kier alpha value is -1.44. The predicted octanol–water partition coefficient (Wildman–Crippen LogP) is 5.88. The van der Waals surface area contributed by atoms with Crippen LogP contribution in [-0.2, 0) is 6.54 Å². The van der Waals surface area contributed by atoms with Gasteiger partial charge in [-0.3, -0.25) is 0 Å². The van der Waals surface area contributed by atoms with Gasteiger partial charge in [-0.15, -0.1) is 0 Å². The zero-order valence-electron chi connectivity index (χ0n) is 15.6. The largest absolute Gasteiger partial charge is 0.357 e. The molecule has 5 rings (SSSR count). The summed E-state index contributed by atoms with van der Waals surface area (Å²) in [5, 5.41) is 3.80. The molecule has 4 aromatic rings. The van der Waals surface area contributed by atoms with Crippen LogP contribution in [0.1, 0.15) is 17.2 Å². The topological polar surface area (TPSA) is 57.9 Å². The average Bonchev–Trinajstić information content (AvgIpc) is 3.28. The third-order valence-electron chi connectivity index (χ3n) is 5.27. The number of anilines is 1. The van der Waals surface area contributed by atoms with Gasteiger partial charge in [-0.05, 0) is 42.0 Å². The number of aromatic nitrogens is 2. The maximum atomic E-state index is 6.31. The molecule has 8 heteroatoms. The second-order valence-corrected chi connectivity index (χ2v) is 10.3. The van der Waals surface area contributed by atoms with Crippen LogP contribution < -0.4 is 10.6 Å². The van der Waals surface area contributed by atoms with Crippen LogP contribution in [0.5, 0.6) is 0 Å². The van der Waals surface area contributed by atoms with Crippen molar-refractivity contribution in [1.82, 2.24) is 9.97 Å². The summed E-state index contributed by atoms with van der Waals surface area (Å²) < 4.78 is 1.12. The van der Waals surface area contributed by atoms with Crippen LogP contribution in [0.4, 0.5) is 5.13 Å². The Kier molecular flexibility index (Phi) is 5.39. The number of nitrogens with one attached hydrogen (secondary N) is 1. The van der Waals surface area contributed by atoms with E-state index >= 15 is 0 Å². The van der Waals surface area contributed by atoms with Gasteiger partial charge in [-0.25, -0.2) is 4.98 Å². The molecule has 1 atom stereocenters. The van der Waals surface area contributed by atoms with Gasteiger partial charge in [0.1, 0.15) is 0 Å². The minimum Gasteiger partial charge on any atom is -0.357 e. The molecular formula is C21H20Cl2N4S2. The van der Waals surface area contributed by atoms with Gasteiger partial charge in [-0.1, -0.05) is 34.5 Å². The molecule has 29 heavy (non-hydrogen) atoms. The van der Waals surface area contributed by atoms with Gasteiger partial charge >= 0.3 is 0 Å². The van der Waals surface area contributed by atoms with Crippen LogP contribution in [0.25, 0.3) is 21.1 Å². The maximum Gasteiger partial charge on any atom is 0.186 e. The summed E-state index contributed by atoms with van der Waals surface area (Å²) in [5.74, 6) is 2.38. The molecule has 150 valence electrons. The van der Waals surface area contributed by atoms with Gasteiger partial charge in [-0.2, -0.15) is 11.8 Å².